The first-order chi connectivity index (χ1) is 8.70. The van der Waals surface area contributed by atoms with Gasteiger partial charge in [0.25, 0.3) is 0 Å². The standard InChI is InChI=1S/C12H18N4O3/c1-12(2,3)15-10(17)7-14-9-6-4-5-8(13)11(9)16(18)19/h4-6,14H,7,13H2,1-3H3,(H,15,17). The third kappa shape index (κ3) is 4.46. The summed E-state index contributed by atoms with van der Waals surface area (Å²) < 4.78 is 0. The molecule has 7 nitrogen and oxygen atoms in total. The second-order valence-electron chi connectivity index (χ2n) is 5.15. The maximum atomic E-state index is 11.6. The number of nitrogen functional groups attached to an aromatic ring is 1. The number of nitro groups is 1. The van der Waals surface area contributed by atoms with Gasteiger partial charge in [0.2, 0.25) is 5.91 Å². The summed E-state index contributed by atoms with van der Waals surface area (Å²) in [4.78, 5) is 22.0. The van der Waals surface area contributed by atoms with E-state index in [1.165, 1.54) is 12.1 Å². The molecule has 1 aromatic carbocycles. The van der Waals surface area contributed by atoms with Crippen LogP contribution in [0, 0.1) is 10.1 Å². The minimum Gasteiger partial charge on any atom is -0.393 e. The molecule has 1 rings (SSSR count). The zero-order chi connectivity index (χ0) is 14.6. The molecule has 7 heteroatoms. The quantitative estimate of drug-likeness (QED) is 0.434. The molecule has 0 radical (unpaired) electrons. The van der Waals surface area contributed by atoms with Crippen molar-refractivity contribution in [3.05, 3.63) is 28.3 Å². The topological polar surface area (TPSA) is 110 Å². The normalized spacial score (nSPS) is 10.9. The Balaban J connectivity index is 2.76. The van der Waals surface area contributed by atoms with E-state index in [-0.39, 0.29) is 35.1 Å². The zero-order valence-electron chi connectivity index (χ0n) is 11.2. The van der Waals surface area contributed by atoms with Crippen LogP contribution in [0.1, 0.15) is 20.8 Å². The van der Waals surface area contributed by atoms with E-state index < -0.39 is 4.92 Å². The number of hydrogen-bond acceptors (Lipinski definition) is 5. The molecule has 0 atom stereocenters. The van der Waals surface area contributed by atoms with E-state index in [0.717, 1.165) is 0 Å². The Morgan fingerprint density at radius 1 is 1.42 bits per heavy atom. The Morgan fingerprint density at radius 2 is 2.05 bits per heavy atom. The van der Waals surface area contributed by atoms with Crippen molar-refractivity contribution in [1.82, 2.24) is 5.32 Å². The summed E-state index contributed by atoms with van der Waals surface area (Å²) in [6.45, 7) is 5.51. The fourth-order valence-corrected chi connectivity index (χ4v) is 1.55. The van der Waals surface area contributed by atoms with E-state index in [0.29, 0.717) is 0 Å². The number of para-hydroxylation sites is 1. The molecule has 0 aliphatic heterocycles. The maximum Gasteiger partial charge on any atom is 0.314 e. The summed E-state index contributed by atoms with van der Waals surface area (Å²) in [5.74, 6) is -0.246. The highest BCUT2D eigenvalue weighted by atomic mass is 16.6. The summed E-state index contributed by atoms with van der Waals surface area (Å²) in [7, 11) is 0. The number of hydrogen-bond donors (Lipinski definition) is 3. The number of amides is 1. The van der Waals surface area contributed by atoms with Gasteiger partial charge in [-0.2, -0.15) is 0 Å². The van der Waals surface area contributed by atoms with Crippen molar-refractivity contribution in [2.45, 2.75) is 26.3 Å². The van der Waals surface area contributed by atoms with Crippen LogP contribution in [0.4, 0.5) is 17.1 Å². The number of nitrogens with zero attached hydrogens (tertiary/aromatic N) is 1. The van der Waals surface area contributed by atoms with E-state index >= 15 is 0 Å². The fourth-order valence-electron chi connectivity index (χ4n) is 1.55. The molecule has 0 aliphatic rings. The number of nitro benzene ring substituents is 1. The zero-order valence-corrected chi connectivity index (χ0v) is 11.2. The molecule has 0 heterocycles. The molecule has 4 N–H and O–H groups in total. The highest BCUT2D eigenvalue weighted by molar-refractivity contribution is 5.83. The van der Waals surface area contributed by atoms with E-state index in [9.17, 15) is 14.9 Å². The van der Waals surface area contributed by atoms with Crippen LogP contribution in [0.15, 0.2) is 18.2 Å². The van der Waals surface area contributed by atoms with Gasteiger partial charge in [0.1, 0.15) is 11.4 Å². The molecule has 19 heavy (non-hydrogen) atoms. The van der Waals surface area contributed by atoms with Crippen LogP contribution in [0.5, 0.6) is 0 Å². The van der Waals surface area contributed by atoms with Gasteiger partial charge in [-0.3, -0.25) is 14.9 Å². The smallest absolute Gasteiger partial charge is 0.314 e. The Kier molecular flexibility index (Phi) is 4.31. The minimum absolute atomic E-state index is 0.0540. The highest BCUT2D eigenvalue weighted by Crippen LogP contribution is 2.30. The number of nitrogens with two attached hydrogens (primary N) is 1. The van der Waals surface area contributed by atoms with Crippen molar-refractivity contribution in [2.75, 3.05) is 17.6 Å². The van der Waals surface area contributed by atoms with Crippen LogP contribution in [0.3, 0.4) is 0 Å². The van der Waals surface area contributed by atoms with E-state index in [2.05, 4.69) is 10.6 Å². The Bertz CT molecular complexity index is 494. The summed E-state index contributed by atoms with van der Waals surface area (Å²) in [6.07, 6.45) is 0. The van der Waals surface area contributed by atoms with Gasteiger partial charge in [0.05, 0.1) is 11.5 Å². The lowest BCUT2D eigenvalue weighted by Gasteiger charge is -2.20. The van der Waals surface area contributed by atoms with Crippen molar-refractivity contribution in [3.8, 4) is 0 Å². The summed E-state index contributed by atoms with van der Waals surface area (Å²) >= 11 is 0. The number of carbonyl (C=O) groups excluding carboxylic acids is 1. The Hall–Kier alpha value is -2.31. The predicted molar refractivity (Wildman–Crippen MR) is 73.9 cm³/mol. The van der Waals surface area contributed by atoms with Gasteiger partial charge in [0, 0.05) is 5.54 Å². The van der Waals surface area contributed by atoms with Crippen molar-refractivity contribution in [1.29, 1.82) is 0 Å². The van der Waals surface area contributed by atoms with Crippen molar-refractivity contribution in [2.24, 2.45) is 0 Å². The van der Waals surface area contributed by atoms with Crippen LogP contribution in [-0.2, 0) is 4.79 Å². The molecule has 0 aromatic heterocycles. The van der Waals surface area contributed by atoms with Crippen LogP contribution >= 0.6 is 0 Å². The predicted octanol–water partition coefficient (Wildman–Crippen LogP) is 1.50. The SMILES string of the molecule is CC(C)(C)NC(=O)CNc1cccc(N)c1[N+](=O)[O-]. The Morgan fingerprint density at radius 3 is 2.58 bits per heavy atom. The van der Waals surface area contributed by atoms with Gasteiger partial charge in [-0.1, -0.05) is 6.07 Å². The van der Waals surface area contributed by atoms with E-state index in [1.807, 2.05) is 20.8 Å². The summed E-state index contributed by atoms with van der Waals surface area (Å²) in [5, 5.41) is 16.4. The average Bonchev–Trinajstić information content (AvgIpc) is 2.23. The molecule has 1 aromatic rings. The molecule has 0 bridgehead atoms. The lowest BCUT2D eigenvalue weighted by molar-refractivity contribution is -0.383. The third-order valence-corrected chi connectivity index (χ3v) is 2.20. The first-order valence-electron chi connectivity index (χ1n) is 5.78. The molecule has 0 fully saturated rings. The molecule has 1 amide bonds. The summed E-state index contributed by atoms with van der Waals surface area (Å²) in [5.41, 5.74) is 5.28. The third-order valence-electron chi connectivity index (χ3n) is 2.20. The van der Waals surface area contributed by atoms with Gasteiger partial charge in [-0.15, -0.1) is 0 Å². The number of benzene rings is 1. The second-order valence-corrected chi connectivity index (χ2v) is 5.15. The largest absolute Gasteiger partial charge is 0.393 e. The molecular formula is C12H18N4O3. The van der Waals surface area contributed by atoms with Crippen molar-refractivity contribution in [3.63, 3.8) is 0 Å². The van der Waals surface area contributed by atoms with Crippen LogP contribution in [0.25, 0.3) is 0 Å². The van der Waals surface area contributed by atoms with E-state index in [1.54, 1.807) is 6.07 Å². The average molecular weight is 266 g/mol. The van der Waals surface area contributed by atoms with Gasteiger partial charge in [0.15, 0.2) is 0 Å². The number of nitrogens with one attached hydrogen (secondary N) is 2. The van der Waals surface area contributed by atoms with Crippen LogP contribution in [-0.4, -0.2) is 22.9 Å². The highest BCUT2D eigenvalue weighted by Gasteiger charge is 2.19. The molecule has 0 aliphatic carbocycles. The molecule has 0 saturated carbocycles. The molecule has 104 valence electrons. The van der Waals surface area contributed by atoms with Crippen LogP contribution in [0.2, 0.25) is 0 Å². The first kappa shape index (κ1) is 14.7. The second kappa shape index (κ2) is 5.55. The van der Waals surface area contributed by atoms with Gasteiger partial charge < -0.3 is 16.4 Å². The van der Waals surface area contributed by atoms with Gasteiger partial charge in [-0.25, -0.2) is 0 Å². The van der Waals surface area contributed by atoms with Gasteiger partial charge >= 0.3 is 5.69 Å². The van der Waals surface area contributed by atoms with Crippen molar-refractivity contribution >= 4 is 23.0 Å². The summed E-state index contributed by atoms with van der Waals surface area (Å²) in [6, 6.07) is 4.55. The molecule has 0 unspecified atom stereocenters. The van der Waals surface area contributed by atoms with Crippen molar-refractivity contribution < 1.29 is 9.72 Å². The number of rotatable bonds is 4. The first-order valence-corrected chi connectivity index (χ1v) is 5.78. The lowest BCUT2D eigenvalue weighted by atomic mass is 10.1. The molecule has 0 saturated heterocycles. The van der Waals surface area contributed by atoms with E-state index in [4.69, 9.17) is 5.73 Å². The lowest BCUT2D eigenvalue weighted by Crippen LogP contribution is -2.43. The number of anilines is 2. The minimum atomic E-state index is -0.570. The monoisotopic (exact) mass is 266 g/mol. The number of carbonyl (C=O) groups is 1. The van der Waals surface area contributed by atoms with Crippen LogP contribution < -0.4 is 16.4 Å². The maximum absolute atomic E-state index is 11.6. The molecular weight excluding hydrogens is 248 g/mol. The fraction of sp³-hybridized carbons (Fsp3) is 0.417. The molecule has 0 spiro atoms. The Labute approximate surface area is 111 Å². The van der Waals surface area contributed by atoms with Gasteiger partial charge in [-0.05, 0) is 32.9 Å².